The minimum atomic E-state index is -3.44. The van der Waals surface area contributed by atoms with Gasteiger partial charge in [0.25, 0.3) is 0 Å². The van der Waals surface area contributed by atoms with Crippen LogP contribution in [0.4, 0.5) is 0 Å². The molecule has 0 fully saturated rings. The van der Waals surface area contributed by atoms with Gasteiger partial charge in [0.15, 0.2) is 0 Å². The van der Waals surface area contributed by atoms with Crippen molar-refractivity contribution in [3.05, 3.63) is 18.0 Å². The van der Waals surface area contributed by atoms with Crippen LogP contribution in [0.2, 0.25) is 0 Å². The molecule has 0 radical (unpaired) electrons. The van der Waals surface area contributed by atoms with Gasteiger partial charge in [0.2, 0.25) is 10.0 Å². The Bertz CT molecular complexity index is 472. The first-order valence-corrected chi connectivity index (χ1v) is 8.34. The average Bonchev–Trinajstić information content (AvgIpc) is 2.79. The van der Waals surface area contributed by atoms with Crippen LogP contribution < -0.4 is 10.5 Å². The van der Waals surface area contributed by atoms with E-state index in [-0.39, 0.29) is 6.04 Å². The summed E-state index contributed by atoms with van der Waals surface area (Å²) >= 11 is 0. The van der Waals surface area contributed by atoms with Gasteiger partial charge in [0.05, 0.1) is 4.90 Å². The molecule has 0 aliphatic heterocycles. The van der Waals surface area contributed by atoms with Crippen LogP contribution in [0.5, 0.6) is 0 Å². The van der Waals surface area contributed by atoms with E-state index in [0.717, 1.165) is 25.0 Å². The van der Waals surface area contributed by atoms with E-state index in [1.807, 2.05) is 18.4 Å². The number of rotatable bonds is 8. The number of nitrogens with one attached hydrogen (secondary N) is 1. The van der Waals surface area contributed by atoms with E-state index in [2.05, 4.69) is 11.6 Å². The molecule has 110 valence electrons. The van der Waals surface area contributed by atoms with E-state index >= 15 is 0 Å². The van der Waals surface area contributed by atoms with Gasteiger partial charge in [0, 0.05) is 31.0 Å². The van der Waals surface area contributed by atoms with Gasteiger partial charge in [-0.3, -0.25) is 0 Å². The predicted octanol–water partition coefficient (Wildman–Crippen LogP) is 1.82. The van der Waals surface area contributed by atoms with E-state index < -0.39 is 10.0 Å². The first kappa shape index (κ1) is 16.2. The van der Waals surface area contributed by atoms with Crippen molar-refractivity contribution in [1.82, 2.24) is 9.29 Å². The molecule has 0 amide bonds. The summed E-state index contributed by atoms with van der Waals surface area (Å²) in [7, 11) is -3.44. The van der Waals surface area contributed by atoms with E-state index in [1.54, 1.807) is 12.3 Å². The van der Waals surface area contributed by atoms with Gasteiger partial charge < -0.3 is 10.3 Å². The minimum absolute atomic E-state index is 0.0451. The van der Waals surface area contributed by atoms with E-state index in [0.29, 0.717) is 18.0 Å². The maximum Gasteiger partial charge on any atom is 0.242 e. The molecule has 0 aliphatic carbocycles. The number of nitrogens with zero attached hydrogens (tertiary/aromatic N) is 1. The fraction of sp³-hybridized carbons (Fsp3) is 0.692. The lowest BCUT2D eigenvalue weighted by Crippen LogP contribution is -2.32. The van der Waals surface area contributed by atoms with Crippen molar-refractivity contribution in [3.8, 4) is 0 Å². The first-order chi connectivity index (χ1) is 8.94. The van der Waals surface area contributed by atoms with Crippen molar-refractivity contribution in [2.75, 3.05) is 0 Å². The monoisotopic (exact) mass is 287 g/mol. The molecular weight excluding hydrogens is 262 g/mol. The number of hydrogen-bond acceptors (Lipinski definition) is 3. The lowest BCUT2D eigenvalue weighted by atomic mass is 10.2. The Morgan fingerprint density at radius 2 is 2.11 bits per heavy atom. The first-order valence-electron chi connectivity index (χ1n) is 6.86. The third-order valence-electron chi connectivity index (χ3n) is 3.17. The molecule has 0 spiro atoms. The highest BCUT2D eigenvalue weighted by Crippen LogP contribution is 2.15. The highest BCUT2D eigenvalue weighted by molar-refractivity contribution is 7.89. The lowest BCUT2D eigenvalue weighted by molar-refractivity contribution is 0.534. The molecule has 1 unspecified atom stereocenters. The highest BCUT2D eigenvalue weighted by atomic mass is 32.2. The molecular formula is C13H25N3O2S. The van der Waals surface area contributed by atoms with E-state index in [9.17, 15) is 8.42 Å². The summed E-state index contributed by atoms with van der Waals surface area (Å²) in [4.78, 5) is 0.304. The van der Waals surface area contributed by atoms with Crippen LogP contribution in [0.15, 0.2) is 17.2 Å². The number of aryl methyl sites for hydroxylation is 1. The van der Waals surface area contributed by atoms with E-state index in [4.69, 9.17) is 5.73 Å². The fourth-order valence-corrected chi connectivity index (χ4v) is 3.38. The summed E-state index contributed by atoms with van der Waals surface area (Å²) in [5.74, 6) is 0. The molecule has 0 bridgehead atoms. The second-order valence-corrected chi connectivity index (χ2v) is 6.54. The molecule has 1 heterocycles. The number of nitrogens with two attached hydrogens (primary N) is 1. The Labute approximate surface area is 116 Å². The second-order valence-electron chi connectivity index (χ2n) is 4.82. The van der Waals surface area contributed by atoms with Gasteiger partial charge in [-0.1, -0.05) is 19.8 Å². The zero-order chi connectivity index (χ0) is 14.5. The zero-order valence-corrected chi connectivity index (χ0v) is 12.8. The van der Waals surface area contributed by atoms with Gasteiger partial charge >= 0.3 is 0 Å². The zero-order valence-electron chi connectivity index (χ0n) is 12.0. The lowest BCUT2D eigenvalue weighted by Gasteiger charge is -2.12. The van der Waals surface area contributed by atoms with Gasteiger partial charge in [-0.25, -0.2) is 13.1 Å². The standard InChI is InChI=1S/C13H25N3O2S/c1-4-6-7-11(3)15-19(17,18)13-8-12(9-14)16(5-2)10-13/h8,10-11,15H,4-7,9,14H2,1-3H3. The molecule has 1 atom stereocenters. The van der Waals surface area contributed by atoms with Gasteiger partial charge in [-0.15, -0.1) is 0 Å². The quantitative estimate of drug-likeness (QED) is 0.765. The van der Waals surface area contributed by atoms with Gasteiger partial charge in [0.1, 0.15) is 0 Å². The van der Waals surface area contributed by atoms with Crippen molar-refractivity contribution in [1.29, 1.82) is 0 Å². The van der Waals surface area contributed by atoms with Gasteiger partial charge in [-0.2, -0.15) is 0 Å². The summed E-state index contributed by atoms with van der Waals surface area (Å²) < 4.78 is 29.1. The van der Waals surface area contributed by atoms with Crippen LogP contribution in [0, 0.1) is 0 Å². The van der Waals surface area contributed by atoms with Crippen LogP contribution in [-0.4, -0.2) is 19.0 Å². The van der Waals surface area contributed by atoms with Crippen LogP contribution in [-0.2, 0) is 23.1 Å². The highest BCUT2D eigenvalue weighted by Gasteiger charge is 2.19. The smallest absolute Gasteiger partial charge is 0.242 e. The summed E-state index contributed by atoms with van der Waals surface area (Å²) in [6.45, 7) is 7.01. The molecule has 0 saturated carbocycles. The summed E-state index contributed by atoms with van der Waals surface area (Å²) in [5.41, 5.74) is 6.45. The normalized spacial score (nSPS) is 13.7. The third kappa shape index (κ3) is 4.33. The van der Waals surface area contributed by atoms with Crippen LogP contribution in [0.1, 0.15) is 45.7 Å². The van der Waals surface area contributed by atoms with Crippen molar-refractivity contribution in [2.45, 2.75) is 64.1 Å². The van der Waals surface area contributed by atoms with Crippen molar-refractivity contribution < 1.29 is 8.42 Å². The van der Waals surface area contributed by atoms with Crippen LogP contribution in [0.3, 0.4) is 0 Å². The largest absolute Gasteiger partial charge is 0.349 e. The Morgan fingerprint density at radius 1 is 1.42 bits per heavy atom. The summed E-state index contributed by atoms with van der Waals surface area (Å²) in [6.07, 6.45) is 4.59. The Hall–Kier alpha value is -0.850. The minimum Gasteiger partial charge on any atom is -0.349 e. The molecule has 1 aromatic rings. The van der Waals surface area contributed by atoms with E-state index in [1.165, 1.54) is 0 Å². The summed E-state index contributed by atoms with van der Waals surface area (Å²) in [5, 5.41) is 0. The Balaban J connectivity index is 2.85. The van der Waals surface area contributed by atoms with Crippen LogP contribution >= 0.6 is 0 Å². The molecule has 19 heavy (non-hydrogen) atoms. The number of sulfonamides is 1. The average molecular weight is 287 g/mol. The number of unbranched alkanes of at least 4 members (excludes halogenated alkanes) is 1. The number of hydrogen-bond donors (Lipinski definition) is 2. The second kappa shape index (κ2) is 7.07. The molecule has 0 aliphatic rings. The van der Waals surface area contributed by atoms with Crippen molar-refractivity contribution in [2.24, 2.45) is 5.73 Å². The molecule has 0 saturated heterocycles. The molecule has 0 aromatic carbocycles. The third-order valence-corrected chi connectivity index (χ3v) is 4.72. The molecule has 3 N–H and O–H groups in total. The predicted molar refractivity (Wildman–Crippen MR) is 77.3 cm³/mol. The topological polar surface area (TPSA) is 77.1 Å². The van der Waals surface area contributed by atoms with Crippen molar-refractivity contribution in [3.63, 3.8) is 0 Å². The fourth-order valence-electron chi connectivity index (χ4n) is 2.04. The van der Waals surface area contributed by atoms with Crippen molar-refractivity contribution >= 4 is 10.0 Å². The molecule has 1 rings (SSSR count). The Morgan fingerprint density at radius 3 is 2.58 bits per heavy atom. The molecule has 5 nitrogen and oxygen atoms in total. The molecule has 1 aromatic heterocycles. The van der Waals surface area contributed by atoms with Gasteiger partial charge in [-0.05, 0) is 26.3 Å². The maximum atomic E-state index is 12.2. The molecule has 6 heteroatoms. The van der Waals surface area contributed by atoms with Crippen LogP contribution in [0.25, 0.3) is 0 Å². The Kier molecular flexibility index (Phi) is 6.03. The summed E-state index contributed by atoms with van der Waals surface area (Å²) in [6, 6.07) is 1.61. The number of aromatic nitrogens is 1. The SMILES string of the molecule is CCCCC(C)NS(=O)(=O)c1cc(CN)n(CC)c1. The maximum absolute atomic E-state index is 12.2.